The normalized spacial score (nSPS) is 17.5. The first kappa shape index (κ1) is 9.48. The number of rotatable bonds is 0. The second-order valence-electron chi connectivity index (χ2n) is 2.43. The predicted octanol–water partition coefficient (Wildman–Crippen LogP) is 3.55. The standard InChI is InChI=1S/C8H12.C2H6/c1-8-6-4-2-3-5-7-8;1-2/h2-5,8H,6-7H2,1H3;1-2H3. The van der Waals surface area contributed by atoms with E-state index < -0.39 is 0 Å². The summed E-state index contributed by atoms with van der Waals surface area (Å²) < 4.78 is 0. The Hall–Kier alpha value is -0.520. The molecule has 0 saturated heterocycles. The van der Waals surface area contributed by atoms with Gasteiger partial charge >= 0.3 is 0 Å². The molecule has 0 aromatic carbocycles. The molecule has 0 aliphatic heterocycles. The van der Waals surface area contributed by atoms with Crippen molar-refractivity contribution in [2.24, 2.45) is 5.92 Å². The first-order valence-electron chi connectivity index (χ1n) is 4.21. The molecule has 0 heteroatoms. The molecule has 1 aliphatic carbocycles. The summed E-state index contributed by atoms with van der Waals surface area (Å²) in [6.45, 7) is 6.28. The first-order valence-corrected chi connectivity index (χ1v) is 4.21. The Morgan fingerprint density at radius 2 is 1.40 bits per heavy atom. The summed E-state index contributed by atoms with van der Waals surface area (Å²) in [7, 11) is 0. The van der Waals surface area contributed by atoms with Crippen LogP contribution in [0.5, 0.6) is 0 Å². The Bertz CT molecular complexity index is 95.2. The predicted molar refractivity (Wildman–Crippen MR) is 48.0 cm³/mol. The Labute approximate surface area is 64.6 Å². The highest BCUT2D eigenvalue weighted by Gasteiger charge is 1.96. The van der Waals surface area contributed by atoms with Crippen molar-refractivity contribution in [3.8, 4) is 0 Å². The summed E-state index contributed by atoms with van der Waals surface area (Å²) >= 11 is 0. The lowest BCUT2D eigenvalue weighted by molar-refractivity contribution is 0.606. The van der Waals surface area contributed by atoms with Crippen LogP contribution in [-0.2, 0) is 0 Å². The van der Waals surface area contributed by atoms with Gasteiger partial charge in [0.2, 0.25) is 0 Å². The smallest absolute Gasteiger partial charge is 0.0319 e. The van der Waals surface area contributed by atoms with Crippen LogP contribution >= 0.6 is 0 Å². The molecule has 0 atom stereocenters. The molecule has 0 aromatic heterocycles. The van der Waals surface area contributed by atoms with E-state index in [9.17, 15) is 0 Å². The molecule has 0 amide bonds. The molecule has 0 N–H and O–H groups in total. The SMILES string of the molecule is CC.CC1CC=CC=CC1. The van der Waals surface area contributed by atoms with E-state index in [1.807, 2.05) is 13.8 Å². The van der Waals surface area contributed by atoms with E-state index in [0.717, 1.165) is 5.92 Å². The van der Waals surface area contributed by atoms with Gasteiger partial charge in [-0.25, -0.2) is 0 Å². The van der Waals surface area contributed by atoms with Crippen LogP contribution in [0.2, 0.25) is 0 Å². The summed E-state index contributed by atoms with van der Waals surface area (Å²) in [4.78, 5) is 0. The Morgan fingerprint density at radius 1 is 1.00 bits per heavy atom. The van der Waals surface area contributed by atoms with Crippen molar-refractivity contribution < 1.29 is 0 Å². The quantitative estimate of drug-likeness (QED) is 0.480. The number of hydrogen-bond donors (Lipinski definition) is 0. The summed E-state index contributed by atoms with van der Waals surface area (Å²) in [6.07, 6.45) is 11.2. The summed E-state index contributed by atoms with van der Waals surface area (Å²) in [5.41, 5.74) is 0. The van der Waals surface area contributed by atoms with E-state index in [0.29, 0.717) is 0 Å². The van der Waals surface area contributed by atoms with Gasteiger partial charge in [0.25, 0.3) is 0 Å². The zero-order valence-corrected chi connectivity index (χ0v) is 7.30. The van der Waals surface area contributed by atoms with Crippen molar-refractivity contribution in [1.29, 1.82) is 0 Å². The molecule has 58 valence electrons. The lowest BCUT2D eigenvalue weighted by Crippen LogP contribution is -1.86. The molecule has 0 aromatic rings. The average Bonchev–Trinajstić information content (AvgIpc) is 2.21. The summed E-state index contributed by atoms with van der Waals surface area (Å²) in [6, 6.07) is 0. The molecule has 0 heterocycles. The van der Waals surface area contributed by atoms with E-state index in [1.165, 1.54) is 12.8 Å². The van der Waals surface area contributed by atoms with Gasteiger partial charge in [-0.05, 0) is 18.8 Å². The van der Waals surface area contributed by atoms with Gasteiger partial charge in [-0.3, -0.25) is 0 Å². The molecule has 0 spiro atoms. The number of hydrogen-bond acceptors (Lipinski definition) is 0. The van der Waals surface area contributed by atoms with Crippen LogP contribution < -0.4 is 0 Å². The van der Waals surface area contributed by atoms with Crippen LogP contribution in [-0.4, -0.2) is 0 Å². The van der Waals surface area contributed by atoms with Crippen LogP contribution in [0.25, 0.3) is 0 Å². The second kappa shape index (κ2) is 6.60. The van der Waals surface area contributed by atoms with Gasteiger partial charge in [0.1, 0.15) is 0 Å². The van der Waals surface area contributed by atoms with E-state index in [2.05, 4.69) is 31.2 Å². The fraction of sp³-hybridized carbons (Fsp3) is 0.600. The van der Waals surface area contributed by atoms with E-state index in [-0.39, 0.29) is 0 Å². The van der Waals surface area contributed by atoms with Gasteiger partial charge in [-0.15, -0.1) is 0 Å². The van der Waals surface area contributed by atoms with Crippen molar-refractivity contribution in [1.82, 2.24) is 0 Å². The van der Waals surface area contributed by atoms with Crippen molar-refractivity contribution in [3.05, 3.63) is 24.3 Å². The minimum Gasteiger partial charge on any atom is -0.0843 e. The summed E-state index contributed by atoms with van der Waals surface area (Å²) in [5.74, 6) is 0.852. The van der Waals surface area contributed by atoms with Crippen LogP contribution in [0.4, 0.5) is 0 Å². The van der Waals surface area contributed by atoms with Gasteiger partial charge < -0.3 is 0 Å². The largest absolute Gasteiger partial charge is 0.0843 e. The Kier molecular flexibility index (Phi) is 6.25. The minimum absolute atomic E-state index is 0.852. The molecule has 0 fully saturated rings. The molecule has 0 radical (unpaired) electrons. The maximum Gasteiger partial charge on any atom is -0.0319 e. The van der Waals surface area contributed by atoms with Gasteiger partial charge in [-0.1, -0.05) is 45.1 Å². The molecule has 0 bridgehead atoms. The fourth-order valence-corrected chi connectivity index (χ4v) is 0.875. The highest BCUT2D eigenvalue weighted by atomic mass is 14.0. The van der Waals surface area contributed by atoms with Crippen molar-refractivity contribution in [3.63, 3.8) is 0 Å². The van der Waals surface area contributed by atoms with E-state index >= 15 is 0 Å². The maximum atomic E-state index is 2.28. The molecular formula is C10H18. The fourth-order valence-electron chi connectivity index (χ4n) is 0.875. The minimum atomic E-state index is 0.852. The van der Waals surface area contributed by atoms with Gasteiger partial charge in [0.05, 0.1) is 0 Å². The highest BCUT2D eigenvalue weighted by molar-refractivity contribution is 5.05. The molecular weight excluding hydrogens is 120 g/mol. The van der Waals surface area contributed by atoms with Crippen LogP contribution in [0, 0.1) is 5.92 Å². The maximum absolute atomic E-state index is 2.28. The highest BCUT2D eigenvalue weighted by Crippen LogP contribution is 2.11. The number of allylic oxidation sites excluding steroid dienone is 4. The second-order valence-corrected chi connectivity index (χ2v) is 2.43. The van der Waals surface area contributed by atoms with Crippen LogP contribution in [0.3, 0.4) is 0 Å². The molecule has 0 unspecified atom stereocenters. The topological polar surface area (TPSA) is 0 Å². The zero-order chi connectivity index (χ0) is 7.82. The Balaban J connectivity index is 0.000000371. The summed E-state index contributed by atoms with van der Waals surface area (Å²) in [5, 5.41) is 0. The van der Waals surface area contributed by atoms with Crippen molar-refractivity contribution in [2.45, 2.75) is 33.6 Å². The Morgan fingerprint density at radius 3 is 1.80 bits per heavy atom. The third-order valence-corrected chi connectivity index (χ3v) is 1.46. The first-order chi connectivity index (χ1) is 4.89. The van der Waals surface area contributed by atoms with Gasteiger partial charge in [0, 0.05) is 0 Å². The lowest BCUT2D eigenvalue weighted by Gasteiger charge is -1.99. The van der Waals surface area contributed by atoms with E-state index in [1.54, 1.807) is 0 Å². The van der Waals surface area contributed by atoms with Crippen LogP contribution in [0.1, 0.15) is 33.6 Å². The van der Waals surface area contributed by atoms with Gasteiger partial charge in [0.15, 0.2) is 0 Å². The average molecular weight is 138 g/mol. The van der Waals surface area contributed by atoms with Crippen molar-refractivity contribution >= 4 is 0 Å². The van der Waals surface area contributed by atoms with Crippen LogP contribution in [0.15, 0.2) is 24.3 Å². The third-order valence-electron chi connectivity index (χ3n) is 1.46. The third kappa shape index (κ3) is 4.37. The molecule has 0 saturated carbocycles. The van der Waals surface area contributed by atoms with Gasteiger partial charge in [-0.2, -0.15) is 0 Å². The molecule has 0 nitrogen and oxygen atoms in total. The zero-order valence-electron chi connectivity index (χ0n) is 7.30. The molecule has 1 rings (SSSR count). The van der Waals surface area contributed by atoms with E-state index in [4.69, 9.17) is 0 Å². The molecule has 1 aliphatic rings. The monoisotopic (exact) mass is 138 g/mol. The lowest BCUT2D eigenvalue weighted by atomic mass is 10.1. The molecule has 10 heavy (non-hydrogen) atoms. The van der Waals surface area contributed by atoms with Crippen molar-refractivity contribution in [2.75, 3.05) is 0 Å².